The van der Waals surface area contributed by atoms with Crippen molar-refractivity contribution in [3.8, 4) is 28.4 Å². The smallest absolute Gasteiger partial charge is 0.493 e. The Kier molecular flexibility index (Phi) is 5.90. The number of aromatic hydroxyl groups is 1. The maximum absolute atomic E-state index is 13.2. The van der Waals surface area contributed by atoms with E-state index in [0.29, 0.717) is 5.02 Å². The highest BCUT2D eigenvalue weighted by atomic mass is 35.5. The van der Waals surface area contributed by atoms with E-state index in [2.05, 4.69) is 9.72 Å². The molecule has 0 atom stereocenters. The molecular weight excluding hydrogens is 459 g/mol. The van der Waals surface area contributed by atoms with Gasteiger partial charge in [-0.25, -0.2) is 9.36 Å². The Morgan fingerprint density at radius 2 is 1.76 bits per heavy atom. The molecular formula is C23H17ClF3N3O3. The van der Waals surface area contributed by atoms with E-state index in [1.165, 1.54) is 16.7 Å². The molecule has 0 radical (unpaired) electrons. The van der Waals surface area contributed by atoms with Gasteiger partial charge in [0.05, 0.1) is 17.9 Å². The van der Waals surface area contributed by atoms with Crippen molar-refractivity contribution in [2.24, 2.45) is 0 Å². The SMILES string of the molecule is Cc1c(O)n(-c2ccc(OC(F)(F)F)cc2)c(=O)n1Cc1ccncc1-c1ccccc1Cl. The van der Waals surface area contributed by atoms with Crippen LogP contribution in [0, 0.1) is 6.92 Å². The van der Waals surface area contributed by atoms with Crippen LogP contribution in [0.3, 0.4) is 0 Å². The zero-order valence-corrected chi connectivity index (χ0v) is 17.9. The second-order valence-corrected chi connectivity index (χ2v) is 7.57. The number of halogens is 4. The van der Waals surface area contributed by atoms with Crippen LogP contribution in [0.15, 0.2) is 71.8 Å². The Balaban J connectivity index is 1.73. The number of hydrogen-bond acceptors (Lipinski definition) is 4. The fraction of sp³-hybridized carbons (Fsp3) is 0.130. The van der Waals surface area contributed by atoms with Crippen molar-refractivity contribution in [1.82, 2.24) is 14.1 Å². The molecule has 10 heteroatoms. The van der Waals surface area contributed by atoms with Crippen molar-refractivity contribution in [3.63, 3.8) is 0 Å². The van der Waals surface area contributed by atoms with Gasteiger partial charge in [-0.05, 0) is 48.9 Å². The molecule has 0 aliphatic heterocycles. The highest BCUT2D eigenvalue weighted by molar-refractivity contribution is 6.33. The fourth-order valence-corrected chi connectivity index (χ4v) is 3.74. The van der Waals surface area contributed by atoms with Gasteiger partial charge in [-0.1, -0.05) is 29.8 Å². The third-order valence-electron chi connectivity index (χ3n) is 5.09. The normalized spacial score (nSPS) is 11.5. The van der Waals surface area contributed by atoms with Crippen LogP contribution in [-0.2, 0) is 6.54 Å². The molecule has 33 heavy (non-hydrogen) atoms. The van der Waals surface area contributed by atoms with E-state index in [1.807, 2.05) is 12.1 Å². The largest absolute Gasteiger partial charge is 0.573 e. The number of nitrogens with zero attached hydrogens (tertiary/aromatic N) is 3. The summed E-state index contributed by atoms with van der Waals surface area (Å²) in [4.78, 5) is 17.3. The first-order chi connectivity index (χ1) is 15.7. The zero-order chi connectivity index (χ0) is 23.8. The Morgan fingerprint density at radius 1 is 1.06 bits per heavy atom. The number of benzene rings is 2. The van der Waals surface area contributed by atoms with Crippen LogP contribution in [0.5, 0.6) is 11.6 Å². The number of ether oxygens (including phenoxy) is 1. The summed E-state index contributed by atoms with van der Waals surface area (Å²) in [6.07, 6.45) is -1.59. The number of alkyl halides is 3. The van der Waals surface area contributed by atoms with Gasteiger partial charge in [0.2, 0.25) is 5.88 Å². The minimum atomic E-state index is -4.83. The molecule has 0 spiro atoms. The molecule has 0 amide bonds. The van der Waals surface area contributed by atoms with E-state index in [1.54, 1.807) is 37.5 Å². The standard InChI is InChI=1S/C23H17ClF3N3O3/c1-14-21(31)30(16-6-8-17(9-7-16)33-23(25,26)27)22(32)29(14)13-15-10-11-28-12-19(15)18-4-2-3-5-20(18)24/h2-12,31H,13H2,1H3. The van der Waals surface area contributed by atoms with Crippen molar-refractivity contribution in [3.05, 3.63) is 93.8 Å². The number of hydrogen-bond donors (Lipinski definition) is 1. The van der Waals surface area contributed by atoms with Crippen LogP contribution in [-0.4, -0.2) is 25.6 Å². The van der Waals surface area contributed by atoms with Gasteiger partial charge in [0.1, 0.15) is 5.75 Å². The second kappa shape index (κ2) is 8.67. The molecule has 4 rings (SSSR count). The fourth-order valence-electron chi connectivity index (χ4n) is 3.51. The molecule has 0 aliphatic carbocycles. The molecule has 0 aliphatic rings. The number of pyridine rings is 1. The second-order valence-electron chi connectivity index (χ2n) is 7.17. The Labute approximate surface area is 191 Å². The number of rotatable bonds is 5. The molecule has 170 valence electrons. The summed E-state index contributed by atoms with van der Waals surface area (Å²) in [5, 5.41) is 11.1. The predicted molar refractivity (Wildman–Crippen MR) is 117 cm³/mol. The molecule has 0 fully saturated rings. The minimum Gasteiger partial charge on any atom is -0.493 e. The highest BCUT2D eigenvalue weighted by Gasteiger charge is 2.31. The Morgan fingerprint density at radius 3 is 2.42 bits per heavy atom. The number of imidazole rings is 1. The van der Waals surface area contributed by atoms with E-state index in [-0.39, 0.29) is 23.8 Å². The average Bonchev–Trinajstić information content (AvgIpc) is 2.97. The van der Waals surface area contributed by atoms with Gasteiger partial charge in [-0.2, -0.15) is 0 Å². The molecule has 2 heterocycles. The monoisotopic (exact) mass is 475 g/mol. The van der Waals surface area contributed by atoms with Gasteiger partial charge < -0.3 is 9.84 Å². The van der Waals surface area contributed by atoms with Gasteiger partial charge in [0.25, 0.3) is 0 Å². The molecule has 0 saturated heterocycles. The molecule has 1 N–H and O–H groups in total. The third kappa shape index (κ3) is 4.58. The molecule has 4 aromatic rings. The Bertz CT molecular complexity index is 1360. The molecule has 2 aromatic carbocycles. The van der Waals surface area contributed by atoms with Gasteiger partial charge in [-0.15, -0.1) is 13.2 Å². The van der Waals surface area contributed by atoms with Gasteiger partial charge in [-0.3, -0.25) is 9.55 Å². The highest BCUT2D eigenvalue weighted by Crippen LogP contribution is 2.31. The first kappa shape index (κ1) is 22.5. The first-order valence-electron chi connectivity index (χ1n) is 9.71. The van der Waals surface area contributed by atoms with Gasteiger partial charge >= 0.3 is 12.1 Å². The lowest BCUT2D eigenvalue weighted by Gasteiger charge is -2.11. The van der Waals surface area contributed by atoms with E-state index in [0.717, 1.165) is 33.4 Å². The quantitative estimate of drug-likeness (QED) is 0.424. The summed E-state index contributed by atoms with van der Waals surface area (Å²) in [5.74, 6) is -0.756. The van der Waals surface area contributed by atoms with Gasteiger partial charge in [0.15, 0.2) is 0 Å². The third-order valence-corrected chi connectivity index (χ3v) is 5.42. The number of aromatic nitrogens is 3. The van der Waals surface area contributed by atoms with E-state index < -0.39 is 17.8 Å². The first-order valence-corrected chi connectivity index (χ1v) is 10.1. The summed E-state index contributed by atoms with van der Waals surface area (Å²) < 4.78 is 43.4. The van der Waals surface area contributed by atoms with Crippen LogP contribution < -0.4 is 10.4 Å². The topological polar surface area (TPSA) is 69.3 Å². The van der Waals surface area contributed by atoms with Crippen molar-refractivity contribution < 1.29 is 23.0 Å². The van der Waals surface area contributed by atoms with Crippen LogP contribution in [0.2, 0.25) is 5.02 Å². The van der Waals surface area contributed by atoms with E-state index in [9.17, 15) is 23.1 Å². The molecule has 0 saturated carbocycles. The van der Waals surface area contributed by atoms with Crippen molar-refractivity contribution in [2.45, 2.75) is 19.8 Å². The van der Waals surface area contributed by atoms with Gasteiger partial charge in [0, 0.05) is 28.5 Å². The Hall–Kier alpha value is -3.72. The van der Waals surface area contributed by atoms with Crippen molar-refractivity contribution >= 4 is 11.6 Å². The van der Waals surface area contributed by atoms with Crippen LogP contribution in [0.25, 0.3) is 16.8 Å². The lowest BCUT2D eigenvalue weighted by atomic mass is 10.0. The van der Waals surface area contributed by atoms with E-state index in [4.69, 9.17) is 11.6 Å². The maximum Gasteiger partial charge on any atom is 0.573 e. The van der Waals surface area contributed by atoms with E-state index >= 15 is 0 Å². The zero-order valence-electron chi connectivity index (χ0n) is 17.2. The lowest BCUT2D eigenvalue weighted by molar-refractivity contribution is -0.274. The summed E-state index contributed by atoms with van der Waals surface area (Å²) >= 11 is 6.34. The summed E-state index contributed by atoms with van der Waals surface area (Å²) in [6, 6.07) is 13.6. The molecule has 0 bridgehead atoms. The summed E-state index contributed by atoms with van der Waals surface area (Å²) in [7, 11) is 0. The lowest BCUT2D eigenvalue weighted by Crippen LogP contribution is -2.24. The molecule has 0 unspecified atom stereocenters. The minimum absolute atomic E-state index is 0.115. The molecule has 2 aromatic heterocycles. The predicted octanol–water partition coefficient (Wildman–Crippen LogP) is 5.32. The van der Waals surface area contributed by atoms with Crippen molar-refractivity contribution in [1.29, 1.82) is 0 Å². The molecule has 6 nitrogen and oxygen atoms in total. The van der Waals surface area contributed by atoms with Crippen LogP contribution >= 0.6 is 11.6 Å². The summed E-state index contributed by atoms with van der Waals surface area (Å²) in [5.41, 5.74) is 2.14. The maximum atomic E-state index is 13.2. The average molecular weight is 476 g/mol. The van der Waals surface area contributed by atoms with Crippen molar-refractivity contribution in [2.75, 3.05) is 0 Å². The summed E-state index contributed by atoms with van der Waals surface area (Å²) in [6.45, 7) is 1.69. The van der Waals surface area contributed by atoms with Crippen LogP contribution in [0.1, 0.15) is 11.3 Å². The van der Waals surface area contributed by atoms with Crippen LogP contribution in [0.4, 0.5) is 13.2 Å².